The van der Waals surface area contributed by atoms with Crippen molar-refractivity contribution >= 4 is 29.0 Å². The number of hydrogen-bond acceptors (Lipinski definition) is 5. The Morgan fingerprint density at radius 3 is 2.90 bits per heavy atom. The lowest BCUT2D eigenvalue weighted by molar-refractivity contribution is -0.113. The third-order valence-electron chi connectivity index (χ3n) is 2.73. The largest absolute Gasteiger partial charge is 0.398 e. The summed E-state index contributed by atoms with van der Waals surface area (Å²) in [4.78, 5) is 23.0. The van der Waals surface area contributed by atoms with E-state index in [0.717, 1.165) is 5.56 Å². The average molecular weight is 293 g/mol. The van der Waals surface area contributed by atoms with E-state index in [1.807, 2.05) is 13.0 Å². The fourth-order valence-corrected chi connectivity index (χ4v) is 2.23. The average Bonchev–Trinajstić information content (AvgIpc) is 2.72. The number of thioether (sulfide) groups is 1. The monoisotopic (exact) mass is 293 g/mol. The van der Waals surface area contributed by atoms with E-state index in [1.54, 1.807) is 19.2 Å². The Hall–Kier alpha value is -2.22. The summed E-state index contributed by atoms with van der Waals surface area (Å²) in [7, 11) is 1.59. The molecule has 0 fully saturated rings. The van der Waals surface area contributed by atoms with Crippen LogP contribution in [-0.4, -0.2) is 26.4 Å². The number of nitrogens with one attached hydrogen (secondary N) is 2. The zero-order valence-electron chi connectivity index (χ0n) is 11.1. The maximum absolute atomic E-state index is 11.8. The van der Waals surface area contributed by atoms with Gasteiger partial charge in [0.15, 0.2) is 5.16 Å². The molecule has 2 aromatic rings. The van der Waals surface area contributed by atoms with Crippen LogP contribution in [0.5, 0.6) is 0 Å². The minimum Gasteiger partial charge on any atom is -0.398 e. The first kappa shape index (κ1) is 14.2. The van der Waals surface area contributed by atoms with Crippen LogP contribution in [0.3, 0.4) is 0 Å². The second-order valence-electron chi connectivity index (χ2n) is 4.28. The van der Waals surface area contributed by atoms with Crippen molar-refractivity contribution in [1.82, 2.24) is 14.8 Å². The van der Waals surface area contributed by atoms with E-state index < -0.39 is 0 Å². The number of carbonyl (C=O) groups excluding carboxylic acids is 1. The molecular formula is C12H15N5O2S. The number of aryl methyl sites for hydroxylation is 1. The van der Waals surface area contributed by atoms with Gasteiger partial charge < -0.3 is 11.1 Å². The van der Waals surface area contributed by atoms with Gasteiger partial charge in [-0.05, 0) is 24.6 Å². The molecule has 0 radical (unpaired) electrons. The first-order valence-electron chi connectivity index (χ1n) is 5.87. The first-order chi connectivity index (χ1) is 9.47. The van der Waals surface area contributed by atoms with E-state index >= 15 is 0 Å². The van der Waals surface area contributed by atoms with Crippen LogP contribution in [0, 0.1) is 6.92 Å². The van der Waals surface area contributed by atoms with Crippen LogP contribution in [0.4, 0.5) is 11.4 Å². The molecule has 0 aliphatic carbocycles. The summed E-state index contributed by atoms with van der Waals surface area (Å²) in [6, 6.07) is 5.34. The third-order valence-corrected chi connectivity index (χ3v) is 3.76. The number of benzene rings is 1. The van der Waals surface area contributed by atoms with E-state index in [2.05, 4.69) is 15.5 Å². The van der Waals surface area contributed by atoms with E-state index in [9.17, 15) is 9.59 Å². The lowest BCUT2D eigenvalue weighted by Crippen LogP contribution is -2.16. The fourth-order valence-electron chi connectivity index (χ4n) is 1.51. The van der Waals surface area contributed by atoms with Crippen molar-refractivity contribution in [1.29, 1.82) is 0 Å². The van der Waals surface area contributed by atoms with Gasteiger partial charge in [-0.3, -0.25) is 9.36 Å². The van der Waals surface area contributed by atoms with Crippen LogP contribution >= 0.6 is 11.8 Å². The molecule has 1 aromatic carbocycles. The number of anilines is 2. The molecule has 1 aromatic heterocycles. The number of nitrogen functional groups attached to an aromatic ring is 1. The van der Waals surface area contributed by atoms with Gasteiger partial charge in [-0.1, -0.05) is 17.8 Å². The Bertz CT molecular complexity index is 691. The number of aromatic amines is 1. The van der Waals surface area contributed by atoms with Gasteiger partial charge in [-0.2, -0.15) is 0 Å². The Labute approximate surface area is 119 Å². The summed E-state index contributed by atoms with van der Waals surface area (Å²) in [5, 5.41) is 9.33. The number of amides is 1. The number of H-pyrrole nitrogens is 1. The molecule has 2 rings (SSSR count). The predicted octanol–water partition coefficient (Wildman–Crippen LogP) is 0.730. The van der Waals surface area contributed by atoms with Gasteiger partial charge in [0, 0.05) is 18.4 Å². The molecule has 0 atom stereocenters. The van der Waals surface area contributed by atoms with Gasteiger partial charge in [0.2, 0.25) is 5.91 Å². The fraction of sp³-hybridized carbons (Fsp3) is 0.250. The minimum atomic E-state index is -0.306. The van der Waals surface area contributed by atoms with Crippen LogP contribution < -0.4 is 16.7 Å². The van der Waals surface area contributed by atoms with Crippen LogP contribution in [0.25, 0.3) is 0 Å². The van der Waals surface area contributed by atoms with Crippen molar-refractivity contribution in [3.05, 3.63) is 34.2 Å². The highest BCUT2D eigenvalue weighted by atomic mass is 32.2. The highest BCUT2D eigenvalue weighted by Gasteiger charge is 2.09. The van der Waals surface area contributed by atoms with Crippen molar-refractivity contribution in [2.75, 3.05) is 16.8 Å². The SMILES string of the molecule is Cc1ccc(NC(=O)CSc2n[nH]c(=O)n2C)cc1N. The van der Waals surface area contributed by atoms with Gasteiger partial charge in [-0.15, -0.1) is 5.10 Å². The van der Waals surface area contributed by atoms with Crippen molar-refractivity contribution in [2.24, 2.45) is 7.05 Å². The normalized spacial score (nSPS) is 10.5. The summed E-state index contributed by atoms with van der Waals surface area (Å²) in [5.74, 6) is -0.0277. The number of nitrogens with two attached hydrogens (primary N) is 1. The Balaban J connectivity index is 1.94. The van der Waals surface area contributed by atoms with Gasteiger partial charge in [0.25, 0.3) is 0 Å². The quantitative estimate of drug-likeness (QED) is 0.569. The van der Waals surface area contributed by atoms with Crippen molar-refractivity contribution < 1.29 is 4.79 Å². The molecule has 0 unspecified atom stereocenters. The molecule has 0 bridgehead atoms. The van der Waals surface area contributed by atoms with Crippen molar-refractivity contribution in [2.45, 2.75) is 12.1 Å². The highest BCUT2D eigenvalue weighted by molar-refractivity contribution is 7.99. The lowest BCUT2D eigenvalue weighted by Gasteiger charge is -2.07. The lowest BCUT2D eigenvalue weighted by atomic mass is 10.2. The Kier molecular flexibility index (Phi) is 4.14. The molecule has 106 valence electrons. The molecule has 1 heterocycles. The highest BCUT2D eigenvalue weighted by Crippen LogP contribution is 2.18. The number of hydrogen-bond donors (Lipinski definition) is 3. The van der Waals surface area contributed by atoms with E-state index in [4.69, 9.17) is 5.73 Å². The van der Waals surface area contributed by atoms with Gasteiger partial charge in [0.05, 0.1) is 5.75 Å². The van der Waals surface area contributed by atoms with Crippen LogP contribution in [0.1, 0.15) is 5.56 Å². The van der Waals surface area contributed by atoms with Gasteiger partial charge >= 0.3 is 5.69 Å². The summed E-state index contributed by atoms with van der Waals surface area (Å²) < 4.78 is 1.35. The second-order valence-corrected chi connectivity index (χ2v) is 5.22. The van der Waals surface area contributed by atoms with E-state index in [0.29, 0.717) is 16.5 Å². The second kappa shape index (κ2) is 5.83. The molecule has 0 aliphatic rings. The number of nitrogens with zero attached hydrogens (tertiary/aromatic N) is 2. The van der Waals surface area contributed by atoms with Gasteiger partial charge in [0.1, 0.15) is 0 Å². The van der Waals surface area contributed by atoms with E-state index in [-0.39, 0.29) is 17.3 Å². The Morgan fingerprint density at radius 1 is 1.55 bits per heavy atom. The van der Waals surface area contributed by atoms with Crippen LogP contribution in [0.15, 0.2) is 28.2 Å². The third kappa shape index (κ3) is 3.21. The molecule has 0 saturated carbocycles. The number of rotatable bonds is 4. The topological polar surface area (TPSA) is 106 Å². The zero-order valence-corrected chi connectivity index (χ0v) is 12.0. The molecular weight excluding hydrogens is 278 g/mol. The smallest absolute Gasteiger partial charge is 0.343 e. The zero-order chi connectivity index (χ0) is 14.7. The van der Waals surface area contributed by atoms with Gasteiger partial charge in [-0.25, -0.2) is 9.89 Å². The molecule has 0 aliphatic heterocycles. The van der Waals surface area contributed by atoms with Crippen molar-refractivity contribution in [3.63, 3.8) is 0 Å². The summed E-state index contributed by atoms with van der Waals surface area (Å²) in [5.41, 5.74) is 7.71. The van der Waals surface area contributed by atoms with Crippen LogP contribution in [0.2, 0.25) is 0 Å². The first-order valence-corrected chi connectivity index (χ1v) is 6.86. The summed E-state index contributed by atoms with van der Waals surface area (Å²) in [6.45, 7) is 1.90. The Morgan fingerprint density at radius 2 is 2.30 bits per heavy atom. The maximum atomic E-state index is 11.8. The minimum absolute atomic E-state index is 0.159. The number of aromatic nitrogens is 3. The molecule has 4 N–H and O–H groups in total. The predicted molar refractivity (Wildman–Crippen MR) is 78.8 cm³/mol. The maximum Gasteiger partial charge on any atom is 0.343 e. The molecule has 20 heavy (non-hydrogen) atoms. The summed E-state index contributed by atoms with van der Waals surface area (Å²) >= 11 is 1.18. The van der Waals surface area contributed by atoms with E-state index in [1.165, 1.54) is 16.3 Å². The molecule has 7 nitrogen and oxygen atoms in total. The molecule has 1 amide bonds. The molecule has 0 spiro atoms. The standard InChI is InChI=1S/C12H15N5O2S/c1-7-3-4-8(5-9(7)13)14-10(18)6-20-12-16-15-11(19)17(12)2/h3-5H,6,13H2,1-2H3,(H,14,18)(H,15,19). The summed E-state index contributed by atoms with van der Waals surface area (Å²) in [6.07, 6.45) is 0. The molecule has 8 heteroatoms. The molecule has 0 saturated heterocycles. The van der Waals surface area contributed by atoms with Crippen LogP contribution in [-0.2, 0) is 11.8 Å². The number of carbonyl (C=O) groups is 1. The van der Waals surface area contributed by atoms with Crippen molar-refractivity contribution in [3.8, 4) is 0 Å².